The van der Waals surface area contributed by atoms with E-state index in [1.54, 1.807) is 25.1 Å². The number of carbonyl (C=O) groups is 2. The van der Waals surface area contributed by atoms with Gasteiger partial charge in [0, 0.05) is 17.2 Å². The minimum Gasteiger partial charge on any atom is -0.459 e. The number of anilines is 1. The zero-order valence-corrected chi connectivity index (χ0v) is 16.1. The molecule has 150 valence electrons. The number of hydrogen-bond donors (Lipinski definition) is 2. The average molecular weight is 394 g/mol. The molecule has 1 unspecified atom stereocenters. The molecule has 1 saturated carbocycles. The van der Waals surface area contributed by atoms with Crippen LogP contribution >= 0.6 is 0 Å². The number of furan rings is 1. The van der Waals surface area contributed by atoms with Gasteiger partial charge in [-0.15, -0.1) is 0 Å². The molecule has 1 atom stereocenters. The van der Waals surface area contributed by atoms with Gasteiger partial charge in [0.2, 0.25) is 17.6 Å². The molecule has 8 nitrogen and oxygen atoms in total. The molecule has 1 aliphatic rings. The Morgan fingerprint density at radius 3 is 2.76 bits per heavy atom. The lowest BCUT2D eigenvalue weighted by atomic mass is 10.1. The molecule has 0 radical (unpaired) electrons. The molecule has 8 heteroatoms. The second-order valence-corrected chi connectivity index (χ2v) is 7.18. The average Bonchev–Trinajstić information content (AvgIpc) is 3.50. The molecule has 0 spiro atoms. The lowest BCUT2D eigenvalue weighted by Gasteiger charge is -2.13. The molecule has 0 aliphatic heterocycles. The summed E-state index contributed by atoms with van der Waals surface area (Å²) in [6.07, 6.45) is 5.96. The van der Waals surface area contributed by atoms with Crippen LogP contribution in [0.25, 0.3) is 11.4 Å². The summed E-state index contributed by atoms with van der Waals surface area (Å²) in [5, 5.41) is 9.48. The van der Waals surface area contributed by atoms with Gasteiger partial charge in [0.05, 0.1) is 6.26 Å². The Morgan fingerprint density at radius 1 is 1.17 bits per heavy atom. The summed E-state index contributed by atoms with van der Waals surface area (Å²) in [4.78, 5) is 29.0. The van der Waals surface area contributed by atoms with Gasteiger partial charge in [0.15, 0.2) is 5.76 Å². The molecule has 2 amide bonds. The van der Waals surface area contributed by atoms with Crippen LogP contribution in [0.5, 0.6) is 0 Å². The number of nitrogens with one attached hydrogen (secondary N) is 2. The Kier molecular flexibility index (Phi) is 5.41. The van der Waals surface area contributed by atoms with Crippen molar-refractivity contribution in [2.24, 2.45) is 0 Å². The first-order valence-electron chi connectivity index (χ1n) is 9.69. The van der Waals surface area contributed by atoms with Crippen molar-refractivity contribution in [2.75, 3.05) is 5.32 Å². The first kappa shape index (κ1) is 18.9. The Labute approximate surface area is 167 Å². The predicted molar refractivity (Wildman–Crippen MR) is 105 cm³/mol. The molecule has 1 aromatic carbocycles. The third-order valence-electron chi connectivity index (χ3n) is 5.02. The topological polar surface area (TPSA) is 110 Å². The van der Waals surface area contributed by atoms with Crippen molar-refractivity contribution in [3.8, 4) is 11.4 Å². The monoisotopic (exact) mass is 394 g/mol. The third kappa shape index (κ3) is 4.37. The zero-order valence-electron chi connectivity index (χ0n) is 16.1. The van der Waals surface area contributed by atoms with Crippen LogP contribution in [0, 0.1) is 0 Å². The first-order valence-corrected chi connectivity index (χ1v) is 9.69. The predicted octanol–water partition coefficient (Wildman–Crippen LogP) is 3.74. The number of aromatic nitrogens is 2. The highest BCUT2D eigenvalue weighted by molar-refractivity contribution is 6.00. The highest BCUT2D eigenvalue weighted by Gasteiger charge is 2.23. The summed E-state index contributed by atoms with van der Waals surface area (Å²) in [5.74, 6) is 0.891. The lowest BCUT2D eigenvalue weighted by molar-refractivity contribution is -0.117. The summed E-state index contributed by atoms with van der Waals surface area (Å²) >= 11 is 0. The van der Waals surface area contributed by atoms with Crippen LogP contribution in [0.1, 0.15) is 55.0 Å². The van der Waals surface area contributed by atoms with Gasteiger partial charge in [-0.1, -0.05) is 30.1 Å². The van der Waals surface area contributed by atoms with Gasteiger partial charge >= 0.3 is 0 Å². The van der Waals surface area contributed by atoms with E-state index in [1.807, 2.05) is 12.1 Å². The van der Waals surface area contributed by atoms with Crippen molar-refractivity contribution in [3.63, 3.8) is 0 Å². The van der Waals surface area contributed by atoms with E-state index in [-0.39, 0.29) is 11.7 Å². The van der Waals surface area contributed by atoms with Crippen LogP contribution in [0.15, 0.2) is 51.6 Å². The van der Waals surface area contributed by atoms with Crippen molar-refractivity contribution in [3.05, 3.63) is 54.3 Å². The molecular formula is C21H22N4O4. The Morgan fingerprint density at radius 2 is 2.00 bits per heavy atom. The summed E-state index contributed by atoms with van der Waals surface area (Å²) in [5.41, 5.74) is 1.34. The number of rotatable bonds is 6. The maximum absolute atomic E-state index is 12.4. The highest BCUT2D eigenvalue weighted by atomic mass is 16.5. The molecule has 4 rings (SSSR count). The second-order valence-electron chi connectivity index (χ2n) is 7.18. The minimum atomic E-state index is -0.740. The molecule has 0 saturated heterocycles. The van der Waals surface area contributed by atoms with E-state index in [4.69, 9.17) is 8.94 Å². The van der Waals surface area contributed by atoms with E-state index in [1.165, 1.54) is 25.2 Å². The van der Waals surface area contributed by atoms with Crippen molar-refractivity contribution in [2.45, 2.75) is 44.6 Å². The van der Waals surface area contributed by atoms with Crippen LogP contribution in [0.3, 0.4) is 0 Å². The quantitative estimate of drug-likeness (QED) is 0.659. The SMILES string of the molecule is CC(NC(=O)c1ccco1)C(=O)Nc1cccc(-c2noc(C3CCCC3)n2)c1. The number of hydrogen-bond acceptors (Lipinski definition) is 6. The molecule has 0 bridgehead atoms. The normalized spacial score (nSPS) is 15.2. The molecular weight excluding hydrogens is 372 g/mol. The van der Waals surface area contributed by atoms with Crippen molar-refractivity contribution in [1.29, 1.82) is 0 Å². The number of benzene rings is 1. The molecule has 29 heavy (non-hydrogen) atoms. The zero-order chi connectivity index (χ0) is 20.2. The van der Waals surface area contributed by atoms with Gasteiger partial charge in [-0.3, -0.25) is 9.59 Å². The summed E-state index contributed by atoms with van der Waals surface area (Å²) in [6, 6.07) is 9.62. The fourth-order valence-corrected chi connectivity index (χ4v) is 3.42. The lowest BCUT2D eigenvalue weighted by Crippen LogP contribution is -2.41. The standard InChI is InChI=1S/C21H22N4O4/c1-13(22-20(27)17-10-5-11-28-17)19(26)23-16-9-4-8-15(12-16)18-24-21(29-25-18)14-6-2-3-7-14/h4-5,8-14H,2-3,6-7H2,1H3,(H,22,27)(H,23,26). The summed E-state index contributed by atoms with van der Waals surface area (Å²) in [7, 11) is 0. The Balaban J connectivity index is 1.40. The number of amides is 2. The Bertz CT molecular complexity index is 990. The summed E-state index contributed by atoms with van der Waals surface area (Å²) < 4.78 is 10.5. The van der Waals surface area contributed by atoms with Crippen LogP contribution in [0.2, 0.25) is 0 Å². The number of carbonyl (C=O) groups excluding carboxylic acids is 2. The van der Waals surface area contributed by atoms with Gasteiger partial charge in [-0.2, -0.15) is 4.98 Å². The van der Waals surface area contributed by atoms with Gasteiger partial charge in [0.25, 0.3) is 5.91 Å². The second kappa shape index (κ2) is 8.30. The molecule has 2 heterocycles. The highest BCUT2D eigenvalue weighted by Crippen LogP contribution is 2.34. The van der Waals surface area contributed by atoms with Gasteiger partial charge in [0.1, 0.15) is 6.04 Å². The van der Waals surface area contributed by atoms with Gasteiger partial charge in [-0.05, 0) is 44.0 Å². The van der Waals surface area contributed by atoms with E-state index >= 15 is 0 Å². The minimum absolute atomic E-state index is 0.154. The fourth-order valence-electron chi connectivity index (χ4n) is 3.42. The van der Waals surface area contributed by atoms with E-state index in [9.17, 15) is 9.59 Å². The Hall–Kier alpha value is -3.42. The number of nitrogens with zero attached hydrogens (tertiary/aromatic N) is 2. The molecule has 1 fully saturated rings. The van der Waals surface area contributed by atoms with E-state index in [2.05, 4.69) is 20.8 Å². The van der Waals surface area contributed by atoms with Crippen LogP contribution in [-0.2, 0) is 4.79 Å². The van der Waals surface area contributed by atoms with E-state index in [0.717, 1.165) is 18.4 Å². The first-order chi connectivity index (χ1) is 14.1. The molecule has 1 aliphatic carbocycles. The van der Waals surface area contributed by atoms with Crippen LogP contribution < -0.4 is 10.6 Å². The molecule has 2 N–H and O–H groups in total. The molecule has 2 aromatic heterocycles. The fraction of sp³-hybridized carbons (Fsp3) is 0.333. The van der Waals surface area contributed by atoms with Gasteiger partial charge in [-0.25, -0.2) is 0 Å². The smallest absolute Gasteiger partial charge is 0.287 e. The largest absolute Gasteiger partial charge is 0.459 e. The van der Waals surface area contributed by atoms with Crippen molar-refractivity contribution < 1.29 is 18.5 Å². The molecule has 3 aromatic rings. The third-order valence-corrected chi connectivity index (χ3v) is 5.02. The maximum atomic E-state index is 12.4. The van der Waals surface area contributed by atoms with Crippen LogP contribution in [0.4, 0.5) is 5.69 Å². The van der Waals surface area contributed by atoms with Crippen molar-refractivity contribution >= 4 is 17.5 Å². The van der Waals surface area contributed by atoms with Crippen molar-refractivity contribution in [1.82, 2.24) is 15.5 Å². The van der Waals surface area contributed by atoms with E-state index in [0.29, 0.717) is 23.3 Å². The maximum Gasteiger partial charge on any atom is 0.287 e. The van der Waals surface area contributed by atoms with E-state index < -0.39 is 11.9 Å². The van der Waals surface area contributed by atoms with Crippen LogP contribution in [-0.4, -0.2) is 28.0 Å². The summed E-state index contributed by atoms with van der Waals surface area (Å²) in [6.45, 7) is 1.60. The van der Waals surface area contributed by atoms with Gasteiger partial charge < -0.3 is 19.6 Å².